The predicted molar refractivity (Wildman–Crippen MR) is 47.2 cm³/mol. The first-order valence-electron chi connectivity index (χ1n) is 2.35. The van der Waals surface area contributed by atoms with Gasteiger partial charge in [-0.3, -0.25) is 9.11 Å². The molecule has 0 atom stereocenters. The molecule has 0 aromatic heterocycles. The molecule has 0 saturated carbocycles. The number of allylic oxidation sites excluding steroid dienone is 3. The van der Waals surface area contributed by atoms with E-state index in [2.05, 4.69) is 6.58 Å². The molecule has 0 aliphatic carbocycles. The Morgan fingerprint density at radius 3 is 1.73 bits per heavy atom. The van der Waals surface area contributed by atoms with Crippen LogP contribution in [0, 0.1) is 0 Å². The third kappa shape index (κ3) is 149. The Labute approximate surface area is 85.7 Å². The van der Waals surface area contributed by atoms with Gasteiger partial charge in [0.2, 0.25) is 0 Å². The average molecular weight is 193 g/mol. The average Bonchev–Trinajstić information content (AvgIpc) is 1.63. The molecule has 0 amide bonds. The standard InChI is InChI=1S/C5H8.Mg.H2O4S.2H/c1-3-5-4-2;;1-5(2,3)4;;/h3-5H,1H2,2H3;;(H2,1,2,3,4);;/q;+2;;2*-1. The zero-order valence-corrected chi connectivity index (χ0v) is 8.50. The van der Waals surface area contributed by atoms with Crippen LogP contribution in [-0.4, -0.2) is 40.6 Å². The summed E-state index contributed by atoms with van der Waals surface area (Å²) in [5, 5.41) is 0. The molecule has 0 bridgehead atoms. The first-order valence-corrected chi connectivity index (χ1v) is 3.75. The van der Waals surface area contributed by atoms with E-state index in [9.17, 15) is 0 Å². The van der Waals surface area contributed by atoms with E-state index < -0.39 is 10.4 Å². The molecule has 0 aliphatic rings. The molecule has 6 heteroatoms. The number of hydrogen-bond acceptors (Lipinski definition) is 2. The van der Waals surface area contributed by atoms with Crippen molar-refractivity contribution in [3.8, 4) is 0 Å². The fourth-order valence-electron chi connectivity index (χ4n) is 0.136. The maximum absolute atomic E-state index is 8.74. The van der Waals surface area contributed by atoms with E-state index in [0.717, 1.165) is 0 Å². The normalized spacial score (nSPS) is 9.36. The minimum atomic E-state index is -4.67. The van der Waals surface area contributed by atoms with Gasteiger partial charge in [-0.2, -0.15) is 8.42 Å². The summed E-state index contributed by atoms with van der Waals surface area (Å²) < 4.78 is 31.6. The second-order valence-electron chi connectivity index (χ2n) is 1.21. The van der Waals surface area contributed by atoms with Gasteiger partial charge in [-0.05, 0) is 6.92 Å². The van der Waals surface area contributed by atoms with Crippen LogP contribution in [0.5, 0.6) is 0 Å². The first-order chi connectivity index (χ1) is 4.41. The molecule has 0 radical (unpaired) electrons. The molecule has 0 aromatic rings. The van der Waals surface area contributed by atoms with Gasteiger partial charge in [-0.15, -0.1) is 0 Å². The Hall–Kier alpha value is 0.116. The van der Waals surface area contributed by atoms with Crippen molar-refractivity contribution in [3.05, 3.63) is 24.8 Å². The van der Waals surface area contributed by atoms with Crippen molar-refractivity contribution < 1.29 is 20.4 Å². The molecule has 0 rings (SSSR count). The molecule has 0 saturated heterocycles. The van der Waals surface area contributed by atoms with E-state index in [1.165, 1.54) is 0 Å². The Bertz CT molecular complexity index is 195. The molecule has 0 heterocycles. The van der Waals surface area contributed by atoms with Gasteiger partial charge in [0.15, 0.2) is 0 Å². The first kappa shape index (κ1) is 17.3. The molecular weight excluding hydrogens is 180 g/mol. The van der Waals surface area contributed by atoms with Crippen LogP contribution in [0.2, 0.25) is 0 Å². The van der Waals surface area contributed by atoms with Gasteiger partial charge in [0.05, 0.1) is 0 Å². The largest absolute Gasteiger partial charge is 2.00 e. The van der Waals surface area contributed by atoms with Gasteiger partial charge in [-0.25, -0.2) is 0 Å². The van der Waals surface area contributed by atoms with E-state index >= 15 is 0 Å². The van der Waals surface area contributed by atoms with E-state index in [-0.39, 0.29) is 25.9 Å². The van der Waals surface area contributed by atoms with Crippen LogP contribution in [-0.2, 0) is 10.4 Å². The fraction of sp³-hybridized carbons (Fsp3) is 0.200. The van der Waals surface area contributed by atoms with E-state index in [1.807, 2.05) is 19.1 Å². The fourth-order valence-corrected chi connectivity index (χ4v) is 0.136. The van der Waals surface area contributed by atoms with Crippen molar-refractivity contribution in [1.82, 2.24) is 0 Å². The van der Waals surface area contributed by atoms with Gasteiger partial charge >= 0.3 is 33.5 Å². The van der Waals surface area contributed by atoms with Crippen molar-refractivity contribution >= 4 is 33.5 Å². The molecule has 0 unspecified atom stereocenters. The van der Waals surface area contributed by atoms with Crippen LogP contribution in [0.4, 0.5) is 0 Å². The Morgan fingerprint density at radius 1 is 1.45 bits per heavy atom. The number of rotatable bonds is 1. The Kier molecular flexibility index (Phi) is 15.9. The number of hydrogen-bond donors (Lipinski definition) is 2. The topological polar surface area (TPSA) is 74.6 Å². The van der Waals surface area contributed by atoms with Gasteiger partial charge in [0.1, 0.15) is 0 Å². The van der Waals surface area contributed by atoms with Crippen LogP contribution in [0.3, 0.4) is 0 Å². The summed E-state index contributed by atoms with van der Waals surface area (Å²) in [4.78, 5) is 0. The van der Waals surface area contributed by atoms with Gasteiger partial charge in [-0.1, -0.05) is 24.8 Å². The molecular formula is C5H12MgO4S. The molecule has 4 nitrogen and oxygen atoms in total. The summed E-state index contributed by atoms with van der Waals surface area (Å²) in [5.41, 5.74) is 0. The van der Waals surface area contributed by atoms with Crippen LogP contribution in [0.1, 0.15) is 9.78 Å². The molecule has 0 spiro atoms. The second kappa shape index (κ2) is 10.1. The van der Waals surface area contributed by atoms with E-state index in [1.54, 1.807) is 6.08 Å². The second-order valence-corrected chi connectivity index (χ2v) is 2.10. The quantitative estimate of drug-likeness (QED) is 0.368. The van der Waals surface area contributed by atoms with Gasteiger partial charge < -0.3 is 2.85 Å². The Morgan fingerprint density at radius 2 is 1.73 bits per heavy atom. The third-order valence-corrected chi connectivity index (χ3v) is 0.329. The molecule has 2 N–H and O–H groups in total. The third-order valence-electron chi connectivity index (χ3n) is 0.329. The van der Waals surface area contributed by atoms with Crippen molar-refractivity contribution in [2.45, 2.75) is 6.92 Å². The summed E-state index contributed by atoms with van der Waals surface area (Å²) in [7, 11) is -4.67. The maximum atomic E-state index is 8.74. The van der Waals surface area contributed by atoms with Crippen LogP contribution >= 0.6 is 0 Å². The molecule has 11 heavy (non-hydrogen) atoms. The SMILES string of the molecule is C=CC=CC.O=S(=O)(O)O.[H-].[H-].[Mg+2]. The van der Waals surface area contributed by atoms with Gasteiger partial charge in [0.25, 0.3) is 0 Å². The summed E-state index contributed by atoms with van der Waals surface area (Å²) in [6.07, 6.45) is 5.58. The zero-order valence-electron chi connectivity index (χ0n) is 8.27. The molecule has 0 aliphatic heterocycles. The summed E-state index contributed by atoms with van der Waals surface area (Å²) >= 11 is 0. The van der Waals surface area contributed by atoms with E-state index in [0.29, 0.717) is 0 Å². The maximum Gasteiger partial charge on any atom is 2.00 e. The smallest absolute Gasteiger partial charge is 1.00 e. The van der Waals surface area contributed by atoms with Gasteiger partial charge in [0, 0.05) is 0 Å². The van der Waals surface area contributed by atoms with Crippen molar-refractivity contribution in [2.75, 3.05) is 0 Å². The minimum absolute atomic E-state index is 0. The van der Waals surface area contributed by atoms with Crippen LogP contribution in [0.15, 0.2) is 24.8 Å². The molecule has 0 fully saturated rings. The van der Waals surface area contributed by atoms with Crippen molar-refractivity contribution in [2.24, 2.45) is 0 Å². The van der Waals surface area contributed by atoms with Crippen LogP contribution in [0.25, 0.3) is 0 Å². The van der Waals surface area contributed by atoms with Crippen LogP contribution < -0.4 is 0 Å². The van der Waals surface area contributed by atoms with Crippen molar-refractivity contribution in [1.29, 1.82) is 0 Å². The predicted octanol–water partition coefficient (Wildman–Crippen LogP) is 0.940. The zero-order chi connectivity index (χ0) is 8.62. The molecule has 64 valence electrons. The summed E-state index contributed by atoms with van der Waals surface area (Å²) in [6.45, 7) is 5.42. The Balaban J connectivity index is -0.0000000267. The summed E-state index contributed by atoms with van der Waals surface area (Å²) in [6, 6.07) is 0. The van der Waals surface area contributed by atoms with Crippen molar-refractivity contribution in [3.63, 3.8) is 0 Å². The van der Waals surface area contributed by atoms with E-state index in [4.69, 9.17) is 17.5 Å². The summed E-state index contributed by atoms with van der Waals surface area (Å²) in [5.74, 6) is 0. The minimum Gasteiger partial charge on any atom is -1.00 e. The molecule has 0 aromatic carbocycles. The monoisotopic (exact) mass is 192 g/mol.